The van der Waals surface area contributed by atoms with Crippen LogP contribution in [0.1, 0.15) is 35.1 Å². The smallest absolute Gasteiger partial charge is 0.108 e. The molecule has 1 unspecified atom stereocenters. The number of aryl methyl sites for hydroxylation is 1. The summed E-state index contributed by atoms with van der Waals surface area (Å²) in [5.41, 5.74) is -0.678. The van der Waals surface area contributed by atoms with Crippen LogP contribution in [-0.4, -0.2) is 32.1 Å². The summed E-state index contributed by atoms with van der Waals surface area (Å²) in [5.74, 6) is 0. The average molecular weight is 278 g/mol. The molecular weight excluding hydrogens is 246 g/mol. The van der Waals surface area contributed by atoms with Crippen LogP contribution in [0.25, 0.3) is 0 Å². The van der Waals surface area contributed by atoms with Crippen LogP contribution in [0.5, 0.6) is 0 Å². The van der Waals surface area contributed by atoms with Crippen molar-refractivity contribution in [1.29, 1.82) is 0 Å². The maximum absolute atomic E-state index is 9.05. The highest BCUT2D eigenvalue weighted by molar-refractivity contribution is 5.35. The normalized spacial score (nSPS) is 21.2. The van der Waals surface area contributed by atoms with Gasteiger partial charge in [0, 0.05) is 10.7 Å². The van der Waals surface area contributed by atoms with Gasteiger partial charge < -0.3 is 9.64 Å². The van der Waals surface area contributed by atoms with Crippen LogP contribution < -0.4 is 0 Å². The molecule has 0 saturated carbocycles. The summed E-state index contributed by atoms with van der Waals surface area (Å²) in [6.45, 7) is -2.22. The van der Waals surface area contributed by atoms with E-state index in [1.54, 1.807) is 19.0 Å². The molecule has 0 heterocycles. The van der Waals surface area contributed by atoms with Crippen LogP contribution in [0.15, 0.2) is 54.5 Å². The molecule has 2 aromatic carbocycles. The van der Waals surface area contributed by atoms with E-state index in [1.807, 2.05) is 0 Å². The average Bonchev–Trinajstić information content (AvgIpc) is 2.64. The monoisotopic (exact) mass is 278 g/mol. The summed E-state index contributed by atoms with van der Waals surface area (Å²) >= 11 is 0. The lowest BCUT2D eigenvalue weighted by Crippen LogP contribution is -2.20. The molecule has 0 aliphatic carbocycles. The second-order valence-corrected chi connectivity index (χ2v) is 4.53. The standard InChI is InChI=1S/C18H23NO/c1-15-9-7-8-12-17(15)18(20-14-13-19(2)3)16-10-5-4-6-11-16/h4-12,18H,13-14H2,1-3H3/i1D3,4D,5D,6D,10D,11D,18D. The van der Waals surface area contributed by atoms with Gasteiger partial charge in [0.05, 0.1) is 14.8 Å². The highest BCUT2D eigenvalue weighted by Gasteiger charge is 2.16. The van der Waals surface area contributed by atoms with E-state index in [0.29, 0.717) is 6.54 Å². The molecule has 0 radical (unpaired) electrons. The van der Waals surface area contributed by atoms with E-state index in [4.69, 9.17) is 17.1 Å². The van der Waals surface area contributed by atoms with Crippen molar-refractivity contribution in [2.45, 2.75) is 12.9 Å². The van der Waals surface area contributed by atoms with Gasteiger partial charge in [0.2, 0.25) is 0 Å². The van der Waals surface area contributed by atoms with Crippen molar-refractivity contribution in [3.63, 3.8) is 0 Å². The van der Waals surface area contributed by atoms with Crippen molar-refractivity contribution in [3.05, 3.63) is 71.2 Å². The molecule has 0 aliphatic rings. The Labute approximate surface area is 134 Å². The number of hydrogen-bond donors (Lipinski definition) is 0. The fraction of sp³-hybridized carbons (Fsp3) is 0.333. The van der Waals surface area contributed by atoms with Crippen LogP contribution in [0.4, 0.5) is 0 Å². The Morgan fingerprint density at radius 2 is 2.00 bits per heavy atom. The van der Waals surface area contributed by atoms with Crippen molar-refractivity contribution in [2.75, 3.05) is 27.2 Å². The zero-order valence-corrected chi connectivity index (χ0v) is 11.6. The Morgan fingerprint density at radius 3 is 2.70 bits per heavy atom. The number of hydrogen-bond acceptors (Lipinski definition) is 2. The van der Waals surface area contributed by atoms with E-state index < -0.39 is 48.7 Å². The molecule has 20 heavy (non-hydrogen) atoms. The second kappa shape index (κ2) is 7.22. The van der Waals surface area contributed by atoms with E-state index in [1.165, 1.54) is 24.3 Å². The molecule has 0 aliphatic heterocycles. The molecule has 0 saturated heterocycles. The summed E-state index contributed by atoms with van der Waals surface area (Å²) in [6.07, 6.45) is -2.31. The van der Waals surface area contributed by atoms with Gasteiger partial charge in [-0.05, 0) is 37.6 Å². The summed E-state index contributed by atoms with van der Waals surface area (Å²) < 4.78 is 78.4. The predicted molar refractivity (Wildman–Crippen MR) is 84.0 cm³/mol. The minimum absolute atomic E-state index is 0.0198. The van der Waals surface area contributed by atoms with Gasteiger partial charge in [-0.15, -0.1) is 0 Å². The molecule has 2 heteroatoms. The topological polar surface area (TPSA) is 12.5 Å². The van der Waals surface area contributed by atoms with Gasteiger partial charge in [-0.2, -0.15) is 0 Å². The van der Waals surface area contributed by atoms with Gasteiger partial charge in [0.1, 0.15) is 6.08 Å². The molecule has 2 aromatic rings. The SMILES string of the molecule is [2H]c1c([2H])c([2H])c(C([2H])(OCCN(C)C)c2ccccc2C([2H])([2H])[2H])c([2H])c1[2H]. The van der Waals surface area contributed by atoms with E-state index in [-0.39, 0.29) is 17.7 Å². The number of likely N-dealkylation sites (N-methyl/N-ethyl adjacent to an activating group) is 1. The zero-order chi connectivity index (χ0) is 22.1. The first-order valence-electron chi connectivity index (χ1n) is 10.8. The lowest BCUT2D eigenvalue weighted by atomic mass is 9.97. The lowest BCUT2D eigenvalue weighted by molar-refractivity contribution is 0.0683. The fourth-order valence-electron chi connectivity index (χ4n) is 1.66. The van der Waals surface area contributed by atoms with Crippen LogP contribution in [0.3, 0.4) is 0 Å². The summed E-state index contributed by atoms with van der Waals surface area (Å²) in [7, 11) is 3.58. The Kier molecular flexibility index (Phi) is 2.49. The minimum atomic E-state index is -2.58. The fourth-order valence-corrected chi connectivity index (χ4v) is 1.66. The molecule has 0 bridgehead atoms. The minimum Gasteiger partial charge on any atom is -0.367 e. The van der Waals surface area contributed by atoms with E-state index in [9.17, 15) is 0 Å². The van der Waals surface area contributed by atoms with Crippen LogP contribution >= 0.6 is 0 Å². The summed E-state index contributed by atoms with van der Waals surface area (Å²) in [5, 5.41) is 0. The number of ether oxygens (including phenoxy) is 1. The molecular formula is C18H23NO. The van der Waals surface area contributed by atoms with Gasteiger partial charge in [-0.3, -0.25) is 0 Å². The highest BCUT2D eigenvalue weighted by Crippen LogP contribution is 2.28. The molecule has 0 fully saturated rings. The highest BCUT2D eigenvalue weighted by atomic mass is 16.5. The Bertz CT molecular complexity index is 869. The summed E-state index contributed by atoms with van der Waals surface area (Å²) in [6, 6.07) is 2.73. The van der Waals surface area contributed by atoms with Crippen LogP contribution in [0.2, 0.25) is 0 Å². The Balaban J connectivity index is 2.83. The third-order valence-corrected chi connectivity index (χ3v) is 2.68. The third-order valence-electron chi connectivity index (χ3n) is 2.68. The van der Waals surface area contributed by atoms with E-state index in [2.05, 4.69) is 0 Å². The summed E-state index contributed by atoms with van der Waals surface area (Å²) in [4.78, 5) is 1.79. The molecule has 2 nitrogen and oxygen atoms in total. The van der Waals surface area contributed by atoms with E-state index >= 15 is 0 Å². The van der Waals surface area contributed by atoms with Gasteiger partial charge in [0.15, 0.2) is 0 Å². The third kappa shape index (κ3) is 3.92. The zero-order valence-electron chi connectivity index (χ0n) is 20.6. The Morgan fingerprint density at radius 1 is 1.25 bits per heavy atom. The maximum atomic E-state index is 9.05. The quantitative estimate of drug-likeness (QED) is 0.799. The molecule has 0 aromatic heterocycles. The molecule has 0 spiro atoms. The predicted octanol–water partition coefficient (Wildman–Crippen LogP) is 3.66. The number of benzene rings is 2. The molecule has 106 valence electrons. The first-order valence-corrected chi connectivity index (χ1v) is 6.28. The van der Waals surface area contributed by atoms with Crippen molar-refractivity contribution in [3.8, 4) is 0 Å². The lowest BCUT2D eigenvalue weighted by Gasteiger charge is -2.22. The molecule has 2 rings (SSSR count). The van der Waals surface area contributed by atoms with Gasteiger partial charge in [-0.1, -0.05) is 54.5 Å². The van der Waals surface area contributed by atoms with Crippen LogP contribution in [-0.2, 0) is 4.74 Å². The van der Waals surface area contributed by atoms with Gasteiger partial charge in [-0.25, -0.2) is 0 Å². The van der Waals surface area contributed by atoms with Crippen molar-refractivity contribution >= 4 is 0 Å². The first kappa shape index (κ1) is 6.88. The van der Waals surface area contributed by atoms with Crippen molar-refractivity contribution < 1.29 is 17.1 Å². The first-order chi connectivity index (χ1) is 13.3. The van der Waals surface area contributed by atoms with Crippen molar-refractivity contribution in [1.82, 2.24) is 4.90 Å². The number of nitrogens with zero attached hydrogens (tertiary/aromatic N) is 1. The largest absolute Gasteiger partial charge is 0.367 e. The molecule has 0 N–H and O–H groups in total. The number of rotatable bonds is 6. The van der Waals surface area contributed by atoms with Crippen molar-refractivity contribution in [2.24, 2.45) is 0 Å². The van der Waals surface area contributed by atoms with Crippen LogP contribution in [0, 0.1) is 6.85 Å². The van der Waals surface area contributed by atoms with E-state index in [0.717, 1.165) is 0 Å². The Hall–Kier alpha value is -1.64. The molecule has 0 amide bonds. The second-order valence-electron chi connectivity index (χ2n) is 4.53. The molecule has 1 atom stereocenters. The maximum Gasteiger partial charge on any atom is 0.108 e. The van der Waals surface area contributed by atoms with Gasteiger partial charge in [0.25, 0.3) is 0 Å². The van der Waals surface area contributed by atoms with Gasteiger partial charge >= 0.3 is 0 Å².